The van der Waals surface area contributed by atoms with Crippen LogP contribution < -0.4 is 4.90 Å². The van der Waals surface area contributed by atoms with E-state index in [9.17, 15) is 0 Å². The molecule has 90 valence electrons. The molecule has 0 aliphatic carbocycles. The summed E-state index contributed by atoms with van der Waals surface area (Å²) in [6, 6.07) is 8.60. The average Bonchev–Trinajstić information content (AvgIpc) is 2.64. The van der Waals surface area contributed by atoms with E-state index < -0.39 is 0 Å². The van der Waals surface area contributed by atoms with Crippen molar-refractivity contribution in [2.45, 2.75) is 6.92 Å². The molecule has 1 saturated heterocycles. The number of hydrogen-bond acceptors (Lipinski definition) is 2. The van der Waals surface area contributed by atoms with Crippen molar-refractivity contribution in [3.8, 4) is 0 Å². The smallest absolute Gasteiger partial charge is 0.112 e. The topological polar surface area (TPSA) is 17.4 Å². The number of fused-ring (bicyclic) bond motifs is 1. The Morgan fingerprint density at radius 3 is 2.53 bits per heavy atom. The molecule has 1 aliphatic rings. The van der Waals surface area contributed by atoms with Gasteiger partial charge >= 0.3 is 0 Å². The third-order valence-electron chi connectivity index (χ3n) is 3.63. The fourth-order valence-corrected chi connectivity index (χ4v) is 2.79. The number of ether oxygens (including phenoxy) is 1. The second-order valence-electron chi connectivity index (χ2n) is 4.62. The summed E-state index contributed by atoms with van der Waals surface area (Å²) in [6.07, 6.45) is 0. The summed E-state index contributed by atoms with van der Waals surface area (Å²) in [5, 5.41) is 1.36. The van der Waals surface area contributed by atoms with Gasteiger partial charge < -0.3 is 14.2 Å². The molecule has 0 unspecified atom stereocenters. The third-order valence-corrected chi connectivity index (χ3v) is 3.63. The standard InChI is InChI=1S/C14H18N2O/c1-11-12-5-3-4-6-13(12)15(2)14(11)16-7-9-17-10-8-16/h3-6H,7-10H2,1-2H3. The minimum absolute atomic E-state index is 0.834. The molecule has 0 N–H and O–H groups in total. The van der Waals surface area contributed by atoms with E-state index in [2.05, 4.69) is 47.7 Å². The fraction of sp³-hybridized carbons (Fsp3) is 0.429. The van der Waals surface area contributed by atoms with Crippen molar-refractivity contribution >= 4 is 16.7 Å². The summed E-state index contributed by atoms with van der Waals surface area (Å²) in [5.74, 6) is 1.34. The van der Waals surface area contributed by atoms with Crippen molar-refractivity contribution in [3.05, 3.63) is 29.8 Å². The highest BCUT2D eigenvalue weighted by Crippen LogP contribution is 2.31. The van der Waals surface area contributed by atoms with E-state index in [-0.39, 0.29) is 0 Å². The minimum atomic E-state index is 0.834. The van der Waals surface area contributed by atoms with E-state index in [4.69, 9.17) is 4.74 Å². The van der Waals surface area contributed by atoms with E-state index >= 15 is 0 Å². The molecule has 0 amide bonds. The molecule has 0 bridgehead atoms. The zero-order chi connectivity index (χ0) is 11.8. The van der Waals surface area contributed by atoms with Crippen molar-refractivity contribution in [1.29, 1.82) is 0 Å². The quantitative estimate of drug-likeness (QED) is 0.748. The van der Waals surface area contributed by atoms with E-state index in [0.29, 0.717) is 0 Å². The van der Waals surface area contributed by atoms with Crippen LogP contribution >= 0.6 is 0 Å². The zero-order valence-electron chi connectivity index (χ0n) is 10.4. The van der Waals surface area contributed by atoms with E-state index in [1.807, 2.05) is 0 Å². The van der Waals surface area contributed by atoms with Gasteiger partial charge in [0.25, 0.3) is 0 Å². The normalized spacial score (nSPS) is 16.7. The van der Waals surface area contributed by atoms with Gasteiger partial charge in [-0.15, -0.1) is 0 Å². The van der Waals surface area contributed by atoms with Gasteiger partial charge in [0.1, 0.15) is 5.82 Å². The molecule has 2 aromatic rings. The van der Waals surface area contributed by atoms with Gasteiger partial charge in [0.05, 0.1) is 13.2 Å². The second kappa shape index (κ2) is 4.08. The van der Waals surface area contributed by atoms with Gasteiger partial charge in [0, 0.05) is 31.0 Å². The first-order valence-electron chi connectivity index (χ1n) is 6.16. The van der Waals surface area contributed by atoms with Gasteiger partial charge in [-0.3, -0.25) is 0 Å². The highest BCUT2D eigenvalue weighted by atomic mass is 16.5. The van der Waals surface area contributed by atoms with Crippen molar-refractivity contribution in [2.24, 2.45) is 7.05 Å². The Labute approximate surface area is 102 Å². The molecule has 1 aromatic heterocycles. The van der Waals surface area contributed by atoms with Crippen LogP contribution in [-0.4, -0.2) is 30.9 Å². The maximum Gasteiger partial charge on any atom is 0.112 e. The predicted molar refractivity (Wildman–Crippen MR) is 70.7 cm³/mol. The van der Waals surface area contributed by atoms with Gasteiger partial charge in [0.15, 0.2) is 0 Å². The SMILES string of the molecule is Cc1c(N2CCOCC2)n(C)c2ccccc12. The Bertz CT molecular complexity index is 499. The number of para-hydroxylation sites is 1. The minimum Gasteiger partial charge on any atom is -0.378 e. The highest BCUT2D eigenvalue weighted by Gasteiger charge is 2.19. The van der Waals surface area contributed by atoms with Crippen molar-refractivity contribution in [3.63, 3.8) is 0 Å². The molecule has 0 atom stereocenters. The van der Waals surface area contributed by atoms with Gasteiger partial charge in [0.2, 0.25) is 0 Å². The van der Waals surface area contributed by atoms with Crippen molar-refractivity contribution < 1.29 is 4.74 Å². The zero-order valence-corrected chi connectivity index (χ0v) is 10.4. The largest absolute Gasteiger partial charge is 0.378 e. The molecule has 17 heavy (non-hydrogen) atoms. The summed E-state index contributed by atoms with van der Waals surface area (Å²) in [7, 11) is 2.15. The summed E-state index contributed by atoms with van der Waals surface area (Å²) >= 11 is 0. The Kier molecular flexibility index (Phi) is 2.56. The van der Waals surface area contributed by atoms with Gasteiger partial charge in [-0.1, -0.05) is 18.2 Å². The number of hydrogen-bond donors (Lipinski definition) is 0. The third kappa shape index (κ3) is 1.62. The second-order valence-corrected chi connectivity index (χ2v) is 4.62. The average molecular weight is 230 g/mol. The molecule has 2 heterocycles. The van der Waals surface area contributed by atoms with Crippen LogP contribution in [0.1, 0.15) is 5.56 Å². The lowest BCUT2D eigenvalue weighted by Gasteiger charge is -2.29. The summed E-state index contributed by atoms with van der Waals surface area (Å²) in [4.78, 5) is 2.43. The number of benzene rings is 1. The first-order valence-corrected chi connectivity index (χ1v) is 6.16. The van der Waals surface area contributed by atoms with Crippen LogP contribution in [0.3, 0.4) is 0 Å². The Morgan fingerprint density at radius 2 is 1.82 bits per heavy atom. The Balaban J connectivity index is 2.15. The van der Waals surface area contributed by atoms with Crippen LogP contribution in [0.4, 0.5) is 5.82 Å². The number of aryl methyl sites for hydroxylation is 2. The van der Waals surface area contributed by atoms with Gasteiger partial charge in [-0.05, 0) is 18.6 Å². The fourth-order valence-electron chi connectivity index (χ4n) is 2.79. The molecule has 0 saturated carbocycles. The molecule has 3 nitrogen and oxygen atoms in total. The molecule has 3 rings (SSSR count). The molecule has 0 spiro atoms. The lowest BCUT2D eigenvalue weighted by molar-refractivity contribution is 0.122. The summed E-state index contributed by atoms with van der Waals surface area (Å²) in [6.45, 7) is 5.87. The molecule has 1 aromatic carbocycles. The number of nitrogens with zero attached hydrogens (tertiary/aromatic N) is 2. The van der Waals surface area contributed by atoms with E-state index in [1.54, 1.807) is 0 Å². The highest BCUT2D eigenvalue weighted by molar-refractivity contribution is 5.89. The molecule has 0 radical (unpaired) electrons. The maximum atomic E-state index is 5.42. The van der Waals surface area contributed by atoms with Crippen LogP contribution in [0.15, 0.2) is 24.3 Å². The number of rotatable bonds is 1. The number of morpholine rings is 1. The Morgan fingerprint density at radius 1 is 1.12 bits per heavy atom. The van der Waals surface area contributed by atoms with E-state index in [1.165, 1.54) is 22.3 Å². The summed E-state index contributed by atoms with van der Waals surface area (Å²) in [5.41, 5.74) is 2.69. The van der Waals surface area contributed by atoms with Crippen LogP contribution in [0, 0.1) is 6.92 Å². The van der Waals surface area contributed by atoms with Gasteiger partial charge in [-0.2, -0.15) is 0 Å². The van der Waals surface area contributed by atoms with Crippen LogP contribution in [0.2, 0.25) is 0 Å². The number of aromatic nitrogens is 1. The summed E-state index contributed by atoms with van der Waals surface area (Å²) < 4.78 is 7.73. The van der Waals surface area contributed by atoms with Crippen LogP contribution in [-0.2, 0) is 11.8 Å². The van der Waals surface area contributed by atoms with Gasteiger partial charge in [-0.25, -0.2) is 0 Å². The van der Waals surface area contributed by atoms with Crippen molar-refractivity contribution in [2.75, 3.05) is 31.2 Å². The monoisotopic (exact) mass is 230 g/mol. The maximum absolute atomic E-state index is 5.42. The number of anilines is 1. The lowest BCUT2D eigenvalue weighted by Crippen LogP contribution is -2.37. The predicted octanol–water partition coefficient (Wildman–Crippen LogP) is 2.32. The van der Waals surface area contributed by atoms with Crippen LogP contribution in [0.5, 0.6) is 0 Å². The molecule has 1 fully saturated rings. The molecular formula is C14H18N2O. The van der Waals surface area contributed by atoms with Crippen LogP contribution in [0.25, 0.3) is 10.9 Å². The van der Waals surface area contributed by atoms with E-state index in [0.717, 1.165) is 26.3 Å². The lowest BCUT2D eigenvalue weighted by atomic mass is 10.2. The molecular weight excluding hydrogens is 212 g/mol. The molecule has 3 heteroatoms. The molecule has 1 aliphatic heterocycles. The Hall–Kier alpha value is -1.48. The van der Waals surface area contributed by atoms with Crippen molar-refractivity contribution in [1.82, 2.24) is 4.57 Å². The first-order chi connectivity index (χ1) is 8.29. The first kappa shape index (κ1) is 10.7.